The van der Waals surface area contributed by atoms with Crippen LogP contribution in [-0.2, 0) is 9.53 Å². The van der Waals surface area contributed by atoms with E-state index in [2.05, 4.69) is 0 Å². The van der Waals surface area contributed by atoms with E-state index in [0.717, 1.165) is 21.6 Å². The number of carbonyl (C=O) groups excluding carboxylic acids is 2. The third-order valence-electron chi connectivity index (χ3n) is 3.30. The molecule has 0 aliphatic carbocycles. The van der Waals surface area contributed by atoms with Gasteiger partial charge in [-0.1, -0.05) is 23.8 Å². The van der Waals surface area contributed by atoms with E-state index in [1.165, 1.54) is 6.08 Å². The first-order valence-corrected chi connectivity index (χ1v) is 7.84. The van der Waals surface area contributed by atoms with Crippen molar-refractivity contribution < 1.29 is 14.3 Å². The van der Waals surface area contributed by atoms with Crippen molar-refractivity contribution in [3.8, 4) is 0 Å². The molecule has 0 fully saturated rings. The maximum absolute atomic E-state index is 12.1. The monoisotopic (exact) mass is 314 g/mol. The van der Waals surface area contributed by atoms with Crippen LogP contribution in [0, 0.1) is 20.8 Å². The fourth-order valence-corrected chi connectivity index (χ4v) is 2.91. The maximum atomic E-state index is 12.1. The van der Waals surface area contributed by atoms with E-state index in [4.69, 9.17) is 4.74 Å². The lowest BCUT2D eigenvalue weighted by Gasteiger charge is -2.06. The second kappa shape index (κ2) is 7.18. The molecule has 0 unspecified atom stereocenters. The van der Waals surface area contributed by atoms with E-state index in [9.17, 15) is 9.59 Å². The molecule has 114 valence electrons. The van der Waals surface area contributed by atoms with E-state index >= 15 is 0 Å². The van der Waals surface area contributed by atoms with Crippen LogP contribution in [0.4, 0.5) is 0 Å². The molecule has 1 aromatic heterocycles. The lowest BCUT2D eigenvalue weighted by Crippen LogP contribution is -2.13. The summed E-state index contributed by atoms with van der Waals surface area (Å²) in [6.45, 7) is 5.59. The summed E-state index contributed by atoms with van der Waals surface area (Å²) in [6, 6.07) is 7.57. The lowest BCUT2D eigenvalue weighted by molar-refractivity contribution is -0.136. The van der Waals surface area contributed by atoms with Crippen molar-refractivity contribution in [3.05, 3.63) is 62.9 Å². The Morgan fingerprint density at radius 2 is 1.91 bits per heavy atom. The quantitative estimate of drug-likeness (QED) is 0.474. The van der Waals surface area contributed by atoms with Gasteiger partial charge < -0.3 is 4.74 Å². The number of benzene rings is 1. The SMILES string of the molecule is Cc1ccc(C(=O)COC(=O)/C=C/c2sccc2C)c(C)c1. The number of hydrogen-bond donors (Lipinski definition) is 0. The van der Waals surface area contributed by atoms with Crippen LogP contribution < -0.4 is 0 Å². The van der Waals surface area contributed by atoms with Gasteiger partial charge >= 0.3 is 5.97 Å². The van der Waals surface area contributed by atoms with Crippen molar-refractivity contribution >= 4 is 29.2 Å². The standard InChI is InChI=1S/C18H18O3S/c1-12-4-5-15(14(3)10-12)16(19)11-21-18(20)7-6-17-13(2)8-9-22-17/h4-10H,11H2,1-3H3/b7-6+. The van der Waals surface area contributed by atoms with Gasteiger partial charge in [-0.25, -0.2) is 4.79 Å². The van der Waals surface area contributed by atoms with Gasteiger partial charge in [0.1, 0.15) is 0 Å². The van der Waals surface area contributed by atoms with Gasteiger partial charge in [-0.15, -0.1) is 11.3 Å². The van der Waals surface area contributed by atoms with Gasteiger partial charge in [-0.05, 0) is 49.4 Å². The van der Waals surface area contributed by atoms with Gasteiger partial charge in [0.2, 0.25) is 5.78 Å². The minimum atomic E-state index is -0.508. The number of ketones is 1. The summed E-state index contributed by atoms with van der Waals surface area (Å²) in [7, 11) is 0. The highest BCUT2D eigenvalue weighted by Crippen LogP contribution is 2.17. The molecular weight excluding hydrogens is 296 g/mol. The zero-order valence-electron chi connectivity index (χ0n) is 12.9. The van der Waals surface area contributed by atoms with Crippen molar-refractivity contribution in [3.63, 3.8) is 0 Å². The Kier molecular flexibility index (Phi) is 5.28. The molecule has 0 N–H and O–H groups in total. The van der Waals surface area contributed by atoms with Crippen molar-refractivity contribution in [1.29, 1.82) is 0 Å². The molecule has 2 aromatic rings. The first-order valence-electron chi connectivity index (χ1n) is 6.97. The zero-order valence-corrected chi connectivity index (χ0v) is 13.7. The van der Waals surface area contributed by atoms with Gasteiger partial charge in [0.15, 0.2) is 6.61 Å². The zero-order chi connectivity index (χ0) is 16.1. The molecule has 0 atom stereocenters. The number of Topliss-reactive ketones (excluding diaryl/α,β-unsaturated/α-hetero) is 1. The number of rotatable bonds is 5. The molecule has 0 aliphatic heterocycles. The Hall–Kier alpha value is -2.20. The van der Waals surface area contributed by atoms with Crippen LogP contribution in [0.2, 0.25) is 0 Å². The highest BCUT2D eigenvalue weighted by Gasteiger charge is 2.11. The second-order valence-electron chi connectivity index (χ2n) is 5.15. The molecule has 0 amide bonds. The van der Waals surface area contributed by atoms with Crippen molar-refractivity contribution in [2.45, 2.75) is 20.8 Å². The number of esters is 1. The molecule has 22 heavy (non-hydrogen) atoms. The molecule has 0 saturated heterocycles. The van der Waals surface area contributed by atoms with Gasteiger partial charge in [-0.2, -0.15) is 0 Å². The average molecular weight is 314 g/mol. The summed E-state index contributed by atoms with van der Waals surface area (Å²) >= 11 is 1.55. The highest BCUT2D eigenvalue weighted by molar-refractivity contribution is 7.11. The molecule has 0 bridgehead atoms. The summed E-state index contributed by atoms with van der Waals surface area (Å²) in [5.41, 5.74) is 3.70. The topological polar surface area (TPSA) is 43.4 Å². The Bertz CT molecular complexity index is 726. The Morgan fingerprint density at radius 1 is 1.14 bits per heavy atom. The normalized spacial score (nSPS) is 10.9. The molecular formula is C18H18O3S. The Morgan fingerprint density at radius 3 is 2.55 bits per heavy atom. The molecule has 0 saturated carbocycles. The van der Waals surface area contributed by atoms with Crippen molar-refractivity contribution in [1.82, 2.24) is 0 Å². The predicted octanol–water partition coefficient (Wildman–Crippen LogP) is 4.11. The molecule has 1 aromatic carbocycles. The number of hydrogen-bond acceptors (Lipinski definition) is 4. The minimum Gasteiger partial charge on any atom is -0.454 e. The summed E-state index contributed by atoms with van der Waals surface area (Å²) in [5.74, 6) is -0.697. The molecule has 1 heterocycles. The highest BCUT2D eigenvalue weighted by atomic mass is 32.1. The van der Waals surface area contributed by atoms with Crippen molar-refractivity contribution in [2.75, 3.05) is 6.61 Å². The summed E-state index contributed by atoms with van der Waals surface area (Å²) in [5, 5.41) is 1.96. The number of aryl methyl sites for hydroxylation is 3. The molecule has 0 aliphatic rings. The third kappa shape index (κ3) is 4.15. The molecule has 0 radical (unpaired) electrons. The molecule has 3 nitrogen and oxygen atoms in total. The van der Waals surface area contributed by atoms with Crippen LogP contribution in [0.5, 0.6) is 0 Å². The van der Waals surface area contributed by atoms with E-state index in [1.807, 2.05) is 44.4 Å². The predicted molar refractivity (Wildman–Crippen MR) is 89.3 cm³/mol. The first kappa shape index (κ1) is 16.2. The fourth-order valence-electron chi connectivity index (χ4n) is 2.09. The average Bonchev–Trinajstić information content (AvgIpc) is 2.88. The molecule has 0 spiro atoms. The first-order chi connectivity index (χ1) is 10.5. The van der Waals surface area contributed by atoms with E-state index in [-0.39, 0.29) is 12.4 Å². The summed E-state index contributed by atoms with van der Waals surface area (Å²) < 4.78 is 5.01. The third-order valence-corrected chi connectivity index (χ3v) is 4.28. The van der Waals surface area contributed by atoms with Crippen LogP contribution in [0.15, 0.2) is 35.7 Å². The van der Waals surface area contributed by atoms with E-state index in [1.54, 1.807) is 23.5 Å². The van der Waals surface area contributed by atoms with Crippen LogP contribution in [0.3, 0.4) is 0 Å². The number of thiophene rings is 1. The second-order valence-corrected chi connectivity index (χ2v) is 6.10. The van der Waals surface area contributed by atoms with Gasteiger partial charge in [0.05, 0.1) is 0 Å². The van der Waals surface area contributed by atoms with Gasteiger partial charge in [0, 0.05) is 16.5 Å². The number of ether oxygens (including phenoxy) is 1. The summed E-state index contributed by atoms with van der Waals surface area (Å²) in [4.78, 5) is 24.7. The lowest BCUT2D eigenvalue weighted by atomic mass is 10.0. The van der Waals surface area contributed by atoms with E-state index in [0.29, 0.717) is 5.56 Å². The summed E-state index contributed by atoms with van der Waals surface area (Å²) in [6.07, 6.45) is 3.07. The van der Waals surface area contributed by atoms with Crippen LogP contribution >= 0.6 is 11.3 Å². The molecule has 4 heteroatoms. The van der Waals surface area contributed by atoms with E-state index < -0.39 is 5.97 Å². The van der Waals surface area contributed by atoms with Crippen LogP contribution in [-0.4, -0.2) is 18.4 Å². The van der Waals surface area contributed by atoms with Gasteiger partial charge in [-0.3, -0.25) is 4.79 Å². The number of carbonyl (C=O) groups is 2. The van der Waals surface area contributed by atoms with Gasteiger partial charge in [0.25, 0.3) is 0 Å². The van der Waals surface area contributed by atoms with Crippen LogP contribution in [0.25, 0.3) is 6.08 Å². The Balaban J connectivity index is 1.92. The fraction of sp³-hybridized carbons (Fsp3) is 0.222. The van der Waals surface area contributed by atoms with Crippen molar-refractivity contribution in [2.24, 2.45) is 0 Å². The maximum Gasteiger partial charge on any atom is 0.331 e. The largest absolute Gasteiger partial charge is 0.454 e. The minimum absolute atomic E-state index is 0.188. The Labute approximate surface area is 134 Å². The van der Waals surface area contributed by atoms with Crippen LogP contribution in [0.1, 0.15) is 31.9 Å². The molecule has 2 rings (SSSR count). The smallest absolute Gasteiger partial charge is 0.331 e.